The van der Waals surface area contributed by atoms with Crippen molar-refractivity contribution >= 4 is 34.7 Å². The molecule has 4 atom stereocenters. The van der Waals surface area contributed by atoms with Crippen molar-refractivity contribution in [3.8, 4) is 28.1 Å². The lowest BCUT2D eigenvalue weighted by Crippen LogP contribution is -2.64. The van der Waals surface area contributed by atoms with Crippen LogP contribution < -0.4 is 10.7 Å². The first-order valence-electron chi connectivity index (χ1n) is 22.1. The van der Waals surface area contributed by atoms with Gasteiger partial charge >= 0.3 is 12.0 Å². The number of likely N-dealkylation sites (tertiary alicyclic amines) is 1. The van der Waals surface area contributed by atoms with E-state index >= 15 is 0 Å². The van der Waals surface area contributed by atoms with Crippen LogP contribution in [0, 0.1) is 11.3 Å². The van der Waals surface area contributed by atoms with E-state index < -0.39 is 41.3 Å². The number of rotatable bonds is 9. The summed E-state index contributed by atoms with van der Waals surface area (Å²) in [5, 5.41) is 16.7. The molecule has 0 saturated carbocycles. The maximum Gasteiger partial charge on any atom is 0.324 e. The van der Waals surface area contributed by atoms with E-state index in [1.54, 1.807) is 44.5 Å². The summed E-state index contributed by atoms with van der Waals surface area (Å²) in [6.07, 6.45) is 3.00. The lowest BCUT2D eigenvalue weighted by molar-refractivity contribution is -0.155. The fourth-order valence-electron chi connectivity index (χ4n) is 9.33. The summed E-state index contributed by atoms with van der Waals surface area (Å²) in [5.41, 5.74) is 9.65. The number of carbonyl (C=O) groups is 4. The highest BCUT2D eigenvalue weighted by Gasteiger charge is 2.40. The molecule has 7 rings (SSSR count). The molecule has 3 aliphatic heterocycles. The third kappa shape index (κ3) is 9.41. The molecule has 15 heteroatoms. The van der Waals surface area contributed by atoms with Crippen molar-refractivity contribution in [1.29, 1.82) is 0 Å². The zero-order valence-corrected chi connectivity index (χ0v) is 38.1. The predicted octanol–water partition coefficient (Wildman–Crippen LogP) is 5.86. The predicted molar refractivity (Wildman–Crippen MR) is 239 cm³/mol. The van der Waals surface area contributed by atoms with Gasteiger partial charge in [-0.3, -0.25) is 24.4 Å². The van der Waals surface area contributed by atoms with Crippen molar-refractivity contribution in [2.24, 2.45) is 11.3 Å². The molecule has 3 aliphatic rings. The summed E-state index contributed by atoms with van der Waals surface area (Å²) in [4.78, 5) is 64.2. The molecule has 15 nitrogen and oxygen atoms in total. The maximum absolute atomic E-state index is 14.6. The molecule has 3 N–H and O–H groups in total. The highest BCUT2D eigenvalue weighted by atomic mass is 16.5. The van der Waals surface area contributed by atoms with Crippen LogP contribution >= 0.6 is 0 Å². The van der Waals surface area contributed by atoms with Crippen LogP contribution in [0.25, 0.3) is 33.3 Å². The molecule has 63 heavy (non-hydrogen) atoms. The summed E-state index contributed by atoms with van der Waals surface area (Å²) < 4.78 is 19.6. The van der Waals surface area contributed by atoms with E-state index in [4.69, 9.17) is 19.2 Å². The standard InChI is InChI=1S/C48H63N7O8/c1-10-54-40-16-15-31-23-36(40)37(43(54)35-13-11-17-49-41(35)29(4)61-8)24-48(5,6)27-63-46(59)38-14-12-18-55(51-38)45(58)39(21-30-19-32(31)22-33(56)20-30)50-44(57)42(28(2)3)52(7)47(60)53-25-34(26-53)62-9/h11,13,15-17,19-20,22-23,28-29,34,38-39,42,51,56H,10,12,14,18,21,24-27H2,1-9H3,(H,50,57)/t29-,38-,39-,42?/m0/s1. The molecule has 4 aromatic rings. The Morgan fingerprint density at radius 2 is 1.84 bits per heavy atom. The molecule has 2 fully saturated rings. The van der Waals surface area contributed by atoms with Gasteiger partial charge < -0.3 is 39.0 Å². The molecule has 0 radical (unpaired) electrons. The van der Waals surface area contributed by atoms with Crippen LogP contribution in [-0.2, 0) is 48.0 Å². The second-order valence-corrected chi connectivity index (χ2v) is 18.4. The van der Waals surface area contributed by atoms with Crippen LogP contribution in [0.5, 0.6) is 5.75 Å². The second kappa shape index (κ2) is 18.7. The number of benzene rings is 2. The lowest BCUT2D eigenvalue weighted by Gasteiger charge is -2.42. The topological polar surface area (TPSA) is 168 Å². The van der Waals surface area contributed by atoms with Crippen LogP contribution in [0.3, 0.4) is 0 Å². The molecule has 5 heterocycles. The largest absolute Gasteiger partial charge is 0.508 e. The number of phenols is 1. The minimum absolute atomic E-state index is 0.00413. The van der Waals surface area contributed by atoms with E-state index in [2.05, 4.69) is 54.3 Å². The highest BCUT2D eigenvalue weighted by Crippen LogP contribution is 2.42. The molecule has 1 unspecified atom stereocenters. The van der Waals surface area contributed by atoms with Crippen LogP contribution in [-0.4, -0.2) is 125 Å². The number of fused-ring (bicyclic) bond motifs is 6. The van der Waals surface area contributed by atoms with Gasteiger partial charge in [-0.15, -0.1) is 0 Å². The zero-order chi connectivity index (χ0) is 45.3. The first-order chi connectivity index (χ1) is 30.0. The number of urea groups is 1. The molecule has 338 valence electrons. The number of hydrazine groups is 1. The number of aromatic nitrogens is 2. The number of likely N-dealkylation sites (N-methyl/N-ethyl adjacent to an activating group) is 1. The third-order valence-corrected chi connectivity index (χ3v) is 12.8. The fourth-order valence-corrected chi connectivity index (χ4v) is 9.33. The zero-order valence-electron chi connectivity index (χ0n) is 38.1. The highest BCUT2D eigenvalue weighted by molar-refractivity contribution is 5.96. The van der Waals surface area contributed by atoms with Crippen molar-refractivity contribution < 1.29 is 38.5 Å². The number of methoxy groups -OCH3 is 2. The smallest absolute Gasteiger partial charge is 0.324 e. The summed E-state index contributed by atoms with van der Waals surface area (Å²) in [6.45, 7) is 13.9. The minimum Gasteiger partial charge on any atom is -0.508 e. The van der Waals surface area contributed by atoms with Crippen molar-refractivity contribution in [2.75, 3.05) is 47.5 Å². The number of hydrogen-bond acceptors (Lipinski definition) is 10. The van der Waals surface area contributed by atoms with Gasteiger partial charge in [-0.05, 0) is 97.7 Å². The SMILES string of the molecule is CCn1c(-c2cccnc2[C@H](C)OC)c2c3cc(ccc31)-c1cc(O)cc(c1)C[C@H](NC(=O)C(C(C)C)N(C)C(=O)N1CC(OC)C1)C(=O)N1CCC[C@H](N1)C(=O)OCC(C)(C)C2. The van der Waals surface area contributed by atoms with E-state index in [1.165, 1.54) is 9.91 Å². The number of pyridine rings is 1. The Morgan fingerprint density at radius 1 is 1.08 bits per heavy atom. The number of ether oxygens (including phenoxy) is 3. The monoisotopic (exact) mass is 865 g/mol. The summed E-state index contributed by atoms with van der Waals surface area (Å²) >= 11 is 0. The Kier molecular flexibility index (Phi) is 13.5. The molecule has 6 bridgehead atoms. The second-order valence-electron chi connectivity index (χ2n) is 18.4. The van der Waals surface area contributed by atoms with Gasteiger partial charge in [-0.25, -0.2) is 10.2 Å². The molecule has 4 amide bonds. The van der Waals surface area contributed by atoms with Crippen LogP contribution in [0.1, 0.15) is 77.3 Å². The Balaban J connectivity index is 1.33. The van der Waals surface area contributed by atoms with Gasteiger partial charge in [-0.1, -0.05) is 39.8 Å². The maximum atomic E-state index is 14.6. The molecule has 0 spiro atoms. The average molecular weight is 866 g/mol. The minimum atomic E-state index is -1.13. The van der Waals surface area contributed by atoms with Gasteiger partial charge in [0.1, 0.15) is 23.9 Å². The number of esters is 1. The van der Waals surface area contributed by atoms with E-state index in [0.717, 1.165) is 44.5 Å². The van der Waals surface area contributed by atoms with E-state index in [0.29, 0.717) is 51.0 Å². The van der Waals surface area contributed by atoms with Gasteiger partial charge in [0.15, 0.2) is 0 Å². The van der Waals surface area contributed by atoms with E-state index in [1.807, 2.05) is 39.0 Å². The van der Waals surface area contributed by atoms with Crippen LogP contribution in [0.2, 0.25) is 0 Å². The van der Waals surface area contributed by atoms with Crippen molar-refractivity contribution in [2.45, 2.75) is 104 Å². The first-order valence-corrected chi connectivity index (χ1v) is 22.1. The van der Waals surface area contributed by atoms with Gasteiger partial charge in [0, 0.05) is 68.9 Å². The summed E-state index contributed by atoms with van der Waals surface area (Å²) in [6, 6.07) is 12.4. The Bertz CT molecular complexity index is 2350. The van der Waals surface area contributed by atoms with Gasteiger partial charge in [0.2, 0.25) is 5.91 Å². The number of carbonyl (C=O) groups excluding carboxylic acids is 4. The van der Waals surface area contributed by atoms with Gasteiger partial charge in [-0.2, -0.15) is 0 Å². The van der Waals surface area contributed by atoms with E-state index in [9.17, 15) is 24.3 Å². The van der Waals surface area contributed by atoms with Crippen molar-refractivity contribution in [1.82, 2.24) is 35.1 Å². The fraction of sp³-hybridized carbons (Fsp3) is 0.521. The molecule has 2 aromatic heterocycles. The Morgan fingerprint density at radius 3 is 2.54 bits per heavy atom. The molecule has 0 aliphatic carbocycles. The van der Waals surface area contributed by atoms with E-state index in [-0.39, 0.29) is 42.9 Å². The Labute approximate surface area is 370 Å². The number of amides is 4. The molecule has 2 saturated heterocycles. The number of phenolic OH excluding ortho intramolecular Hbond substituents is 1. The number of aromatic hydroxyl groups is 1. The normalized spacial score (nSPS) is 20.5. The van der Waals surface area contributed by atoms with Gasteiger partial charge in [0.25, 0.3) is 5.91 Å². The van der Waals surface area contributed by atoms with Crippen molar-refractivity contribution in [3.05, 3.63) is 71.5 Å². The number of cyclic esters (lactones) is 1. The molecule has 2 aromatic carbocycles. The van der Waals surface area contributed by atoms with Crippen molar-refractivity contribution in [3.63, 3.8) is 0 Å². The average Bonchev–Trinajstić information content (AvgIpc) is 3.55. The number of nitrogens with zero attached hydrogens (tertiary/aromatic N) is 5. The number of aryl methyl sites for hydroxylation is 1. The Hall–Kier alpha value is -5.51. The quantitative estimate of drug-likeness (QED) is 0.174. The number of hydrogen-bond donors (Lipinski definition) is 3. The third-order valence-electron chi connectivity index (χ3n) is 12.8. The summed E-state index contributed by atoms with van der Waals surface area (Å²) in [7, 11) is 4.87. The van der Waals surface area contributed by atoms with Gasteiger partial charge in [0.05, 0.1) is 43.3 Å². The first kappa shape index (κ1) is 45.5. The number of nitrogens with one attached hydrogen (secondary N) is 2. The molecular formula is C48H63N7O8. The summed E-state index contributed by atoms with van der Waals surface area (Å²) in [5.74, 6) is -1.71. The van der Waals surface area contributed by atoms with Crippen LogP contribution in [0.4, 0.5) is 4.79 Å². The molecular weight excluding hydrogens is 803 g/mol. The lowest BCUT2D eigenvalue weighted by atomic mass is 9.84. The van der Waals surface area contributed by atoms with Crippen LogP contribution in [0.15, 0.2) is 54.7 Å².